The zero-order chi connectivity index (χ0) is 19.9. The van der Waals surface area contributed by atoms with Gasteiger partial charge in [0.15, 0.2) is 11.6 Å². The van der Waals surface area contributed by atoms with E-state index in [4.69, 9.17) is 14.1 Å². The van der Waals surface area contributed by atoms with Gasteiger partial charge in [0.1, 0.15) is 12.4 Å². The molecule has 0 aliphatic carbocycles. The average molecular weight is 399 g/mol. The lowest BCUT2D eigenvalue weighted by atomic mass is 10.3. The minimum absolute atomic E-state index is 0.394. The number of nitrogens with zero attached hydrogens (tertiary/aromatic N) is 6. The molecular formula is C19H25N7O3. The maximum atomic E-state index is 5.81. The summed E-state index contributed by atoms with van der Waals surface area (Å²) in [5, 5.41) is 10.9. The molecule has 1 saturated heterocycles. The molecule has 0 bridgehead atoms. The summed E-state index contributed by atoms with van der Waals surface area (Å²) in [5.41, 5.74) is 0.807. The highest BCUT2D eigenvalue weighted by molar-refractivity contribution is 5.74. The van der Waals surface area contributed by atoms with Crippen molar-refractivity contribution in [2.75, 3.05) is 69.8 Å². The summed E-state index contributed by atoms with van der Waals surface area (Å²) in [6.45, 7) is 6.30. The number of aromatic nitrogens is 4. The van der Waals surface area contributed by atoms with E-state index in [1.54, 1.807) is 7.11 Å². The van der Waals surface area contributed by atoms with E-state index in [-0.39, 0.29) is 0 Å². The van der Waals surface area contributed by atoms with Crippen molar-refractivity contribution in [2.24, 2.45) is 0 Å². The van der Waals surface area contributed by atoms with Crippen molar-refractivity contribution >= 4 is 22.9 Å². The molecule has 0 spiro atoms. The van der Waals surface area contributed by atoms with Crippen LogP contribution in [0.4, 0.5) is 11.6 Å². The zero-order valence-corrected chi connectivity index (χ0v) is 16.5. The molecule has 0 radical (unpaired) electrons. The fraction of sp³-hybridized carbons (Fsp3) is 0.474. The Balaban J connectivity index is 1.34. The molecule has 1 fully saturated rings. The number of anilines is 2. The number of piperazine rings is 1. The minimum atomic E-state index is 0.394. The molecule has 1 aliphatic rings. The predicted octanol–water partition coefficient (Wildman–Crippen LogP) is 1.27. The third kappa shape index (κ3) is 4.90. The highest BCUT2D eigenvalue weighted by Crippen LogP contribution is 2.24. The van der Waals surface area contributed by atoms with Gasteiger partial charge in [0, 0.05) is 46.4 Å². The third-order valence-electron chi connectivity index (χ3n) is 4.79. The first kappa shape index (κ1) is 19.3. The predicted molar refractivity (Wildman–Crippen MR) is 108 cm³/mol. The first-order valence-electron chi connectivity index (χ1n) is 9.72. The Bertz CT molecular complexity index is 897. The second-order valence-electron chi connectivity index (χ2n) is 6.72. The maximum absolute atomic E-state index is 5.81. The molecule has 3 aromatic rings. The molecule has 0 unspecified atom stereocenters. The Morgan fingerprint density at radius 1 is 1.00 bits per heavy atom. The SMILES string of the molecule is COCCNc1nc2nonc2nc1N1CCN(CCOc2ccccc2)CC1. The van der Waals surface area contributed by atoms with Gasteiger partial charge in [-0.25, -0.2) is 14.6 Å². The van der Waals surface area contributed by atoms with Crippen LogP contribution in [-0.2, 0) is 4.74 Å². The molecule has 10 nitrogen and oxygen atoms in total. The lowest BCUT2D eigenvalue weighted by Gasteiger charge is -2.35. The van der Waals surface area contributed by atoms with Gasteiger partial charge >= 0.3 is 0 Å². The maximum Gasteiger partial charge on any atom is 0.245 e. The Kier molecular flexibility index (Phi) is 6.32. The van der Waals surface area contributed by atoms with E-state index in [0.717, 1.165) is 44.3 Å². The van der Waals surface area contributed by atoms with Gasteiger partial charge in [-0.05, 0) is 22.4 Å². The highest BCUT2D eigenvalue weighted by Gasteiger charge is 2.23. The van der Waals surface area contributed by atoms with Crippen LogP contribution in [0.25, 0.3) is 11.3 Å². The van der Waals surface area contributed by atoms with Gasteiger partial charge in [-0.1, -0.05) is 18.2 Å². The molecule has 0 saturated carbocycles. The van der Waals surface area contributed by atoms with Crippen LogP contribution in [0, 0.1) is 0 Å². The standard InChI is InChI=1S/C19H25N7O3/c1-27-13-7-20-18-19(22-17-16(21-18)23-29-24-17)26-10-8-25(9-11-26)12-14-28-15-5-3-2-4-6-15/h2-6H,7-14H2,1H3,(H,20,21,23). The van der Waals surface area contributed by atoms with Crippen molar-refractivity contribution in [3.63, 3.8) is 0 Å². The third-order valence-corrected chi connectivity index (χ3v) is 4.79. The summed E-state index contributed by atoms with van der Waals surface area (Å²) in [7, 11) is 1.67. The van der Waals surface area contributed by atoms with E-state index in [1.165, 1.54) is 0 Å². The molecule has 1 N–H and O–H groups in total. The van der Waals surface area contributed by atoms with Crippen LogP contribution in [0.3, 0.4) is 0 Å². The largest absolute Gasteiger partial charge is 0.492 e. The number of nitrogens with one attached hydrogen (secondary N) is 1. The lowest BCUT2D eigenvalue weighted by molar-refractivity contribution is 0.200. The van der Waals surface area contributed by atoms with Gasteiger partial charge in [0.2, 0.25) is 11.3 Å². The monoisotopic (exact) mass is 399 g/mol. The fourth-order valence-corrected chi connectivity index (χ4v) is 3.23. The van der Waals surface area contributed by atoms with E-state index in [2.05, 4.69) is 35.4 Å². The van der Waals surface area contributed by atoms with Crippen LogP contribution < -0.4 is 15.0 Å². The van der Waals surface area contributed by atoms with Crippen molar-refractivity contribution < 1.29 is 14.1 Å². The van der Waals surface area contributed by atoms with Gasteiger partial charge in [-0.15, -0.1) is 0 Å². The summed E-state index contributed by atoms with van der Waals surface area (Å²) in [5.74, 6) is 2.35. The highest BCUT2D eigenvalue weighted by atomic mass is 16.6. The van der Waals surface area contributed by atoms with Crippen LogP contribution in [0.15, 0.2) is 35.0 Å². The first-order chi connectivity index (χ1) is 14.3. The summed E-state index contributed by atoms with van der Waals surface area (Å²) in [6, 6.07) is 9.90. The minimum Gasteiger partial charge on any atom is -0.492 e. The number of hydrogen-bond acceptors (Lipinski definition) is 10. The molecule has 29 heavy (non-hydrogen) atoms. The van der Waals surface area contributed by atoms with E-state index in [0.29, 0.717) is 36.9 Å². The molecule has 3 heterocycles. The molecule has 1 aromatic carbocycles. The number of rotatable bonds is 9. The Morgan fingerprint density at radius 2 is 1.76 bits per heavy atom. The van der Waals surface area contributed by atoms with E-state index in [1.807, 2.05) is 30.3 Å². The van der Waals surface area contributed by atoms with Crippen molar-refractivity contribution in [3.05, 3.63) is 30.3 Å². The summed E-state index contributed by atoms with van der Waals surface area (Å²) in [4.78, 5) is 13.7. The normalized spacial score (nSPS) is 15.0. The zero-order valence-electron chi connectivity index (χ0n) is 16.5. The van der Waals surface area contributed by atoms with Crippen LogP contribution >= 0.6 is 0 Å². The van der Waals surface area contributed by atoms with Gasteiger partial charge in [0.05, 0.1) is 6.61 Å². The second-order valence-corrected chi connectivity index (χ2v) is 6.72. The van der Waals surface area contributed by atoms with Crippen molar-refractivity contribution in [1.82, 2.24) is 25.2 Å². The Morgan fingerprint density at radius 3 is 2.52 bits per heavy atom. The molecule has 2 aromatic heterocycles. The van der Waals surface area contributed by atoms with Crippen LogP contribution in [0.5, 0.6) is 5.75 Å². The number of para-hydroxylation sites is 1. The summed E-state index contributed by atoms with van der Waals surface area (Å²) < 4.78 is 15.7. The van der Waals surface area contributed by atoms with Crippen molar-refractivity contribution in [3.8, 4) is 5.75 Å². The molecule has 154 valence electrons. The number of hydrogen-bond donors (Lipinski definition) is 1. The average Bonchev–Trinajstić information content (AvgIpc) is 3.22. The fourth-order valence-electron chi connectivity index (χ4n) is 3.23. The summed E-state index contributed by atoms with van der Waals surface area (Å²) >= 11 is 0. The van der Waals surface area contributed by atoms with Crippen molar-refractivity contribution in [2.45, 2.75) is 0 Å². The van der Waals surface area contributed by atoms with Crippen molar-refractivity contribution in [1.29, 1.82) is 0 Å². The van der Waals surface area contributed by atoms with E-state index < -0.39 is 0 Å². The van der Waals surface area contributed by atoms with Crippen LogP contribution in [0.1, 0.15) is 0 Å². The second kappa shape index (κ2) is 9.48. The lowest BCUT2D eigenvalue weighted by Crippen LogP contribution is -2.48. The quantitative estimate of drug-likeness (QED) is 0.529. The van der Waals surface area contributed by atoms with Gasteiger partial charge in [0.25, 0.3) is 0 Å². The molecular weight excluding hydrogens is 374 g/mol. The van der Waals surface area contributed by atoms with Crippen LogP contribution in [-0.4, -0.2) is 84.8 Å². The number of fused-ring (bicyclic) bond motifs is 1. The van der Waals surface area contributed by atoms with Gasteiger partial charge in [-0.3, -0.25) is 4.90 Å². The smallest absolute Gasteiger partial charge is 0.245 e. The van der Waals surface area contributed by atoms with Gasteiger partial charge in [-0.2, -0.15) is 0 Å². The first-order valence-corrected chi connectivity index (χ1v) is 9.72. The topological polar surface area (TPSA) is 102 Å². The molecule has 4 rings (SSSR count). The molecule has 0 atom stereocenters. The van der Waals surface area contributed by atoms with E-state index in [9.17, 15) is 0 Å². The molecule has 1 aliphatic heterocycles. The molecule has 10 heteroatoms. The number of benzene rings is 1. The molecule has 0 amide bonds. The Labute approximate surface area is 168 Å². The number of ether oxygens (including phenoxy) is 2. The van der Waals surface area contributed by atoms with E-state index >= 15 is 0 Å². The van der Waals surface area contributed by atoms with Gasteiger partial charge < -0.3 is 19.7 Å². The Hall–Kier alpha value is -2.98. The van der Waals surface area contributed by atoms with Crippen LogP contribution in [0.2, 0.25) is 0 Å². The summed E-state index contributed by atoms with van der Waals surface area (Å²) in [6.07, 6.45) is 0. The number of methoxy groups -OCH3 is 1.